The number of rotatable bonds is 8. The summed E-state index contributed by atoms with van der Waals surface area (Å²) in [4.78, 5) is 22.4. The third-order valence-electron chi connectivity index (χ3n) is 4.94. The molecule has 0 radical (unpaired) electrons. The highest BCUT2D eigenvalue weighted by Crippen LogP contribution is 2.10. The SMILES string of the molecule is CCNC(=NCc1nc(C)c(C)o1)NCCCN1CCN(c2ncccn2)CC1. The third-order valence-corrected chi connectivity index (χ3v) is 4.94. The van der Waals surface area contributed by atoms with E-state index < -0.39 is 0 Å². The second-order valence-corrected chi connectivity index (χ2v) is 7.10. The molecule has 3 rings (SSSR count). The molecule has 1 aliphatic rings. The summed E-state index contributed by atoms with van der Waals surface area (Å²) in [6, 6.07) is 1.85. The van der Waals surface area contributed by atoms with Gasteiger partial charge in [0.25, 0.3) is 0 Å². The summed E-state index contributed by atoms with van der Waals surface area (Å²) in [6.07, 6.45) is 4.66. The first-order valence-corrected chi connectivity index (χ1v) is 10.3. The van der Waals surface area contributed by atoms with Crippen molar-refractivity contribution in [1.82, 2.24) is 30.5 Å². The Kier molecular flexibility index (Phi) is 7.80. The number of aromatic nitrogens is 3. The van der Waals surface area contributed by atoms with Crippen LogP contribution < -0.4 is 15.5 Å². The average molecular weight is 401 g/mol. The lowest BCUT2D eigenvalue weighted by atomic mass is 10.3. The molecule has 9 nitrogen and oxygen atoms in total. The van der Waals surface area contributed by atoms with Gasteiger partial charge in [-0.1, -0.05) is 0 Å². The van der Waals surface area contributed by atoms with Crippen molar-refractivity contribution in [3.8, 4) is 0 Å². The van der Waals surface area contributed by atoms with E-state index in [9.17, 15) is 0 Å². The lowest BCUT2D eigenvalue weighted by molar-refractivity contribution is 0.254. The Hall–Kier alpha value is -2.68. The monoisotopic (exact) mass is 400 g/mol. The number of aliphatic imine (C=N–C) groups is 1. The molecule has 0 bridgehead atoms. The number of piperazine rings is 1. The molecule has 0 spiro atoms. The molecule has 0 unspecified atom stereocenters. The Bertz CT molecular complexity index is 749. The number of aryl methyl sites for hydroxylation is 2. The molecule has 0 aliphatic carbocycles. The van der Waals surface area contributed by atoms with E-state index in [4.69, 9.17) is 4.42 Å². The van der Waals surface area contributed by atoms with E-state index >= 15 is 0 Å². The highest BCUT2D eigenvalue weighted by Gasteiger charge is 2.18. The summed E-state index contributed by atoms with van der Waals surface area (Å²) in [5.74, 6) is 3.13. The number of hydrogen-bond acceptors (Lipinski definition) is 7. The van der Waals surface area contributed by atoms with Gasteiger partial charge in [0, 0.05) is 51.7 Å². The molecule has 29 heavy (non-hydrogen) atoms. The molecule has 0 atom stereocenters. The van der Waals surface area contributed by atoms with Crippen LogP contribution in [0.25, 0.3) is 0 Å². The fourth-order valence-corrected chi connectivity index (χ4v) is 3.23. The standard InChI is InChI=1S/C20H32N8O/c1-4-21-19(25-15-18-26-16(2)17(3)29-18)22-9-6-10-27-11-13-28(14-12-27)20-23-7-5-8-24-20/h5,7-8H,4,6,9-15H2,1-3H3,(H2,21,22,25). The predicted molar refractivity (Wildman–Crippen MR) is 114 cm³/mol. The maximum atomic E-state index is 5.60. The van der Waals surface area contributed by atoms with Crippen LogP contribution in [0.15, 0.2) is 27.9 Å². The Morgan fingerprint density at radius 2 is 1.90 bits per heavy atom. The van der Waals surface area contributed by atoms with Gasteiger partial charge in [-0.2, -0.15) is 0 Å². The molecule has 9 heteroatoms. The smallest absolute Gasteiger partial charge is 0.225 e. The average Bonchev–Trinajstić information content (AvgIpc) is 3.07. The Balaban J connectivity index is 1.36. The van der Waals surface area contributed by atoms with Crippen molar-refractivity contribution in [3.63, 3.8) is 0 Å². The summed E-state index contributed by atoms with van der Waals surface area (Å²) in [6.45, 7) is 13.1. The van der Waals surface area contributed by atoms with Crippen LogP contribution in [0.4, 0.5) is 5.95 Å². The fourth-order valence-electron chi connectivity index (χ4n) is 3.23. The van der Waals surface area contributed by atoms with Gasteiger partial charge in [-0.05, 0) is 39.8 Å². The largest absolute Gasteiger partial charge is 0.444 e. The van der Waals surface area contributed by atoms with Gasteiger partial charge in [-0.15, -0.1) is 0 Å². The molecule has 3 heterocycles. The minimum Gasteiger partial charge on any atom is -0.444 e. The summed E-state index contributed by atoms with van der Waals surface area (Å²) >= 11 is 0. The molecule has 0 saturated carbocycles. The zero-order valence-corrected chi connectivity index (χ0v) is 17.7. The number of oxazole rings is 1. The predicted octanol–water partition coefficient (Wildman–Crippen LogP) is 1.35. The molecule has 2 aromatic heterocycles. The van der Waals surface area contributed by atoms with Gasteiger partial charge < -0.3 is 20.0 Å². The van der Waals surface area contributed by atoms with Crippen molar-refractivity contribution in [1.29, 1.82) is 0 Å². The number of nitrogens with zero attached hydrogens (tertiary/aromatic N) is 6. The molecule has 0 aromatic carbocycles. The minimum absolute atomic E-state index is 0.438. The summed E-state index contributed by atoms with van der Waals surface area (Å²) in [7, 11) is 0. The van der Waals surface area contributed by atoms with Crippen molar-refractivity contribution in [2.45, 2.75) is 33.7 Å². The van der Waals surface area contributed by atoms with E-state index in [1.54, 1.807) is 12.4 Å². The summed E-state index contributed by atoms with van der Waals surface area (Å²) in [5, 5.41) is 6.67. The lowest BCUT2D eigenvalue weighted by Gasteiger charge is -2.34. The van der Waals surface area contributed by atoms with Crippen LogP contribution in [0, 0.1) is 13.8 Å². The molecule has 1 saturated heterocycles. The van der Waals surface area contributed by atoms with Crippen molar-refractivity contribution in [2.75, 3.05) is 50.7 Å². The molecule has 1 aliphatic heterocycles. The Morgan fingerprint density at radius 1 is 1.14 bits per heavy atom. The van der Waals surface area contributed by atoms with Gasteiger partial charge in [-0.25, -0.2) is 19.9 Å². The molecule has 0 amide bonds. The van der Waals surface area contributed by atoms with Gasteiger partial charge >= 0.3 is 0 Å². The van der Waals surface area contributed by atoms with Crippen LogP contribution in [-0.4, -0.2) is 71.6 Å². The van der Waals surface area contributed by atoms with E-state index in [0.29, 0.717) is 12.4 Å². The summed E-state index contributed by atoms with van der Waals surface area (Å²) < 4.78 is 5.60. The van der Waals surface area contributed by atoms with E-state index in [2.05, 4.69) is 47.3 Å². The van der Waals surface area contributed by atoms with Gasteiger partial charge in [0.15, 0.2) is 5.96 Å². The number of anilines is 1. The zero-order chi connectivity index (χ0) is 20.5. The third kappa shape index (κ3) is 6.42. The highest BCUT2D eigenvalue weighted by molar-refractivity contribution is 5.79. The molecule has 2 aromatic rings. The van der Waals surface area contributed by atoms with Gasteiger partial charge in [-0.3, -0.25) is 4.90 Å². The number of hydrogen-bond donors (Lipinski definition) is 2. The molecule has 158 valence electrons. The lowest BCUT2D eigenvalue weighted by Crippen LogP contribution is -2.47. The van der Waals surface area contributed by atoms with Crippen molar-refractivity contribution >= 4 is 11.9 Å². The Morgan fingerprint density at radius 3 is 2.55 bits per heavy atom. The maximum absolute atomic E-state index is 5.60. The van der Waals surface area contributed by atoms with Crippen LogP contribution in [0.1, 0.15) is 30.7 Å². The van der Waals surface area contributed by atoms with E-state index in [-0.39, 0.29) is 0 Å². The van der Waals surface area contributed by atoms with Gasteiger partial charge in [0.1, 0.15) is 12.3 Å². The maximum Gasteiger partial charge on any atom is 0.225 e. The van der Waals surface area contributed by atoms with Crippen molar-refractivity contribution in [2.24, 2.45) is 4.99 Å². The van der Waals surface area contributed by atoms with Crippen LogP contribution in [0.5, 0.6) is 0 Å². The first-order chi connectivity index (χ1) is 14.2. The first kappa shape index (κ1) is 21.0. The first-order valence-electron chi connectivity index (χ1n) is 10.3. The normalized spacial score (nSPS) is 15.6. The van der Waals surface area contributed by atoms with Crippen molar-refractivity contribution in [3.05, 3.63) is 35.8 Å². The topological polar surface area (TPSA) is 94.7 Å². The van der Waals surface area contributed by atoms with Gasteiger partial charge in [0.05, 0.1) is 5.69 Å². The van der Waals surface area contributed by atoms with E-state index in [1.807, 2.05) is 19.9 Å². The second-order valence-electron chi connectivity index (χ2n) is 7.10. The number of guanidine groups is 1. The summed E-state index contributed by atoms with van der Waals surface area (Å²) in [5.41, 5.74) is 0.923. The van der Waals surface area contributed by atoms with Crippen LogP contribution >= 0.6 is 0 Å². The highest BCUT2D eigenvalue weighted by atomic mass is 16.4. The minimum atomic E-state index is 0.438. The Labute approximate surface area is 172 Å². The zero-order valence-electron chi connectivity index (χ0n) is 17.7. The quantitative estimate of drug-likeness (QED) is 0.390. The second kappa shape index (κ2) is 10.8. The number of nitrogens with one attached hydrogen (secondary N) is 2. The molecular weight excluding hydrogens is 368 g/mol. The van der Waals surface area contributed by atoms with Crippen LogP contribution in [-0.2, 0) is 6.54 Å². The van der Waals surface area contributed by atoms with E-state index in [1.165, 1.54) is 0 Å². The fraction of sp³-hybridized carbons (Fsp3) is 0.600. The van der Waals surface area contributed by atoms with Crippen LogP contribution in [0.3, 0.4) is 0 Å². The van der Waals surface area contributed by atoms with E-state index in [0.717, 1.165) is 75.6 Å². The van der Waals surface area contributed by atoms with Crippen molar-refractivity contribution < 1.29 is 4.42 Å². The molecule has 2 N–H and O–H groups in total. The van der Waals surface area contributed by atoms with Gasteiger partial charge in [0.2, 0.25) is 11.8 Å². The molecular formula is C20H32N8O. The molecule has 1 fully saturated rings. The van der Waals surface area contributed by atoms with Crippen LogP contribution in [0.2, 0.25) is 0 Å².